The molecule has 0 aromatic heterocycles. The van der Waals surface area contributed by atoms with Gasteiger partial charge in [-0.15, -0.1) is 11.6 Å². The van der Waals surface area contributed by atoms with Gasteiger partial charge in [0, 0.05) is 11.3 Å². The normalized spacial score (nSPS) is 30.8. The van der Waals surface area contributed by atoms with Crippen LogP contribution in [0.1, 0.15) is 32.6 Å². The van der Waals surface area contributed by atoms with Crippen LogP contribution in [-0.4, -0.2) is 11.2 Å². The largest absolute Gasteiger partial charge is 0.295 e. The Balaban J connectivity index is 2.53. The standard InChI is InChI=1S/C10H15ClO/c1-2-5-10(12)8-6-3-4-7-9(8)11/h2,5,8-9H,3-4,6-7H2,1H3/b5-2+. The third-order valence-electron chi connectivity index (χ3n) is 2.38. The molecule has 2 unspecified atom stereocenters. The molecule has 1 rings (SSSR count). The fourth-order valence-electron chi connectivity index (χ4n) is 1.69. The van der Waals surface area contributed by atoms with Crippen LogP contribution < -0.4 is 0 Å². The summed E-state index contributed by atoms with van der Waals surface area (Å²) in [4.78, 5) is 11.4. The van der Waals surface area contributed by atoms with E-state index in [1.165, 1.54) is 6.42 Å². The Morgan fingerprint density at radius 1 is 1.42 bits per heavy atom. The van der Waals surface area contributed by atoms with Crippen molar-refractivity contribution in [2.24, 2.45) is 5.92 Å². The van der Waals surface area contributed by atoms with Crippen LogP contribution in [0.25, 0.3) is 0 Å². The highest BCUT2D eigenvalue weighted by molar-refractivity contribution is 6.22. The van der Waals surface area contributed by atoms with E-state index in [4.69, 9.17) is 11.6 Å². The van der Waals surface area contributed by atoms with Crippen LogP contribution in [0.4, 0.5) is 0 Å². The number of allylic oxidation sites excluding steroid dienone is 2. The van der Waals surface area contributed by atoms with Gasteiger partial charge < -0.3 is 0 Å². The first-order chi connectivity index (χ1) is 5.75. The van der Waals surface area contributed by atoms with Crippen LogP contribution in [0.3, 0.4) is 0 Å². The van der Waals surface area contributed by atoms with E-state index in [2.05, 4.69) is 0 Å². The van der Waals surface area contributed by atoms with E-state index in [1.807, 2.05) is 6.92 Å². The van der Waals surface area contributed by atoms with Crippen LogP contribution >= 0.6 is 11.6 Å². The Labute approximate surface area is 78.8 Å². The maximum Gasteiger partial charge on any atom is 0.159 e. The van der Waals surface area contributed by atoms with Crippen molar-refractivity contribution < 1.29 is 4.79 Å². The molecule has 1 saturated carbocycles. The minimum Gasteiger partial charge on any atom is -0.295 e. The summed E-state index contributed by atoms with van der Waals surface area (Å²) in [6, 6.07) is 0. The second kappa shape index (κ2) is 4.66. The molecule has 2 heteroatoms. The molecule has 0 amide bonds. The molecule has 0 aromatic carbocycles. The van der Waals surface area contributed by atoms with E-state index in [0.29, 0.717) is 0 Å². The molecule has 1 nitrogen and oxygen atoms in total. The van der Waals surface area contributed by atoms with Crippen molar-refractivity contribution >= 4 is 17.4 Å². The van der Waals surface area contributed by atoms with Gasteiger partial charge in [0.05, 0.1) is 0 Å². The van der Waals surface area contributed by atoms with Gasteiger partial charge in [-0.3, -0.25) is 4.79 Å². The molecule has 1 aliphatic carbocycles. The lowest BCUT2D eigenvalue weighted by Crippen LogP contribution is -2.26. The molecule has 1 fully saturated rings. The lowest BCUT2D eigenvalue weighted by Gasteiger charge is -2.24. The van der Waals surface area contributed by atoms with Crippen molar-refractivity contribution in [1.82, 2.24) is 0 Å². The van der Waals surface area contributed by atoms with Crippen molar-refractivity contribution in [2.45, 2.75) is 38.0 Å². The van der Waals surface area contributed by atoms with E-state index < -0.39 is 0 Å². The number of rotatable bonds is 2. The zero-order valence-electron chi connectivity index (χ0n) is 7.42. The maximum atomic E-state index is 11.4. The second-order valence-electron chi connectivity index (χ2n) is 3.31. The topological polar surface area (TPSA) is 17.1 Å². The van der Waals surface area contributed by atoms with Gasteiger partial charge in [0.15, 0.2) is 5.78 Å². The summed E-state index contributed by atoms with van der Waals surface area (Å²) in [5.74, 6) is 0.286. The number of hydrogen-bond acceptors (Lipinski definition) is 1. The SMILES string of the molecule is C/C=C/C(=O)C1CCCCC1Cl. The van der Waals surface area contributed by atoms with E-state index in [1.54, 1.807) is 12.2 Å². The van der Waals surface area contributed by atoms with Gasteiger partial charge in [-0.1, -0.05) is 18.9 Å². The Morgan fingerprint density at radius 3 is 2.67 bits per heavy atom. The van der Waals surface area contributed by atoms with Crippen LogP contribution in [0.15, 0.2) is 12.2 Å². The van der Waals surface area contributed by atoms with Gasteiger partial charge in [0.2, 0.25) is 0 Å². The first-order valence-corrected chi connectivity index (χ1v) is 5.00. The number of carbonyl (C=O) groups excluding carboxylic acids is 1. The fourth-order valence-corrected chi connectivity index (χ4v) is 2.10. The van der Waals surface area contributed by atoms with Crippen molar-refractivity contribution in [3.8, 4) is 0 Å². The third-order valence-corrected chi connectivity index (χ3v) is 2.90. The molecule has 0 N–H and O–H groups in total. The predicted octanol–water partition coefficient (Wildman–Crippen LogP) is 2.93. The van der Waals surface area contributed by atoms with Crippen molar-refractivity contribution in [3.63, 3.8) is 0 Å². The Bertz CT molecular complexity index is 186. The monoisotopic (exact) mass is 186 g/mol. The van der Waals surface area contributed by atoms with Gasteiger partial charge in [-0.05, 0) is 25.8 Å². The molecule has 0 aromatic rings. The van der Waals surface area contributed by atoms with Gasteiger partial charge in [-0.2, -0.15) is 0 Å². The lowest BCUT2D eigenvalue weighted by atomic mass is 9.85. The molecular weight excluding hydrogens is 172 g/mol. The summed E-state index contributed by atoms with van der Waals surface area (Å²) in [5, 5.41) is 0.0717. The smallest absolute Gasteiger partial charge is 0.159 e. The summed E-state index contributed by atoms with van der Waals surface area (Å²) in [7, 11) is 0. The average Bonchev–Trinajstić information content (AvgIpc) is 2.05. The summed E-state index contributed by atoms with van der Waals surface area (Å²) in [6.07, 6.45) is 7.73. The zero-order chi connectivity index (χ0) is 8.97. The Hall–Kier alpha value is -0.300. The third kappa shape index (κ3) is 2.34. The highest BCUT2D eigenvalue weighted by Crippen LogP contribution is 2.29. The molecule has 0 bridgehead atoms. The average molecular weight is 187 g/mol. The molecule has 2 atom stereocenters. The van der Waals surface area contributed by atoms with Gasteiger partial charge in [0.25, 0.3) is 0 Å². The molecule has 1 aliphatic rings. The summed E-state index contributed by atoms with van der Waals surface area (Å²) in [6.45, 7) is 1.87. The first-order valence-electron chi connectivity index (χ1n) is 4.56. The quantitative estimate of drug-likeness (QED) is 0.479. The molecule has 68 valence electrons. The van der Waals surface area contributed by atoms with Crippen LogP contribution in [0, 0.1) is 5.92 Å². The van der Waals surface area contributed by atoms with E-state index in [-0.39, 0.29) is 17.1 Å². The van der Waals surface area contributed by atoms with Crippen molar-refractivity contribution in [2.75, 3.05) is 0 Å². The lowest BCUT2D eigenvalue weighted by molar-refractivity contribution is -0.118. The molecule has 0 aliphatic heterocycles. The minimum atomic E-state index is 0.0717. The van der Waals surface area contributed by atoms with E-state index >= 15 is 0 Å². The number of alkyl halides is 1. The number of ketones is 1. The summed E-state index contributed by atoms with van der Waals surface area (Å²) >= 11 is 6.06. The Kier molecular flexibility index (Phi) is 3.80. The summed E-state index contributed by atoms with van der Waals surface area (Å²) in [5.41, 5.74) is 0. The second-order valence-corrected chi connectivity index (χ2v) is 3.87. The summed E-state index contributed by atoms with van der Waals surface area (Å²) < 4.78 is 0. The molecule has 0 spiro atoms. The highest BCUT2D eigenvalue weighted by Gasteiger charge is 2.27. The van der Waals surface area contributed by atoms with Crippen LogP contribution in [0.2, 0.25) is 0 Å². The zero-order valence-corrected chi connectivity index (χ0v) is 8.18. The molecular formula is C10H15ClO. The minimum absolute atomic E-state index is 0.0717. The number of halogens is 1. The fraction of sp³-hybridized carbons (Fsp3) is 0.700. The van der Waals surface area contributed by atoms with Gasteiger partial charge in [0.1, 0.15) is 0 Å². The number of carbonyl (C=O) groups is 1. The van der Waals surface area contributed by atoms with E-state index in [0.717, 1.165) is 19.3 Å². The molecule has 12 heavy (non-hydrogen) atoms. The Morgan fingerprint density at radius 2 is 2.08 bits per heavy atom. The van der Waals surface area contributed by atoms with Crippen molar-refractivity contribution in [3.05, 3.63) is 12.2 Å². The van der Waals surface area contributed by atoms with Gasteiger partial charge in [-0.25, -0.2) is 0 Å². The van der Waals surface area contributed by atoms with E-state index in [9.17, 15) is 4.79 Å². The highest BCUT2D eigenvalue weighted by atomic mass is 35.5. The first kappa shape index (κ1) is 9.79. The molecule has 0 radical (unpaired) electrons. The maximum absolute atomic E-state index is 11.4. The van der Waals surface area contributed by atoms with Crippen LogP contribution in [-0.2, 0) is 4.79 Å². The van der Waals surface area contributed by atoms with Crippen LogP contribution in [0.5, 0.6) is 0 Å². The van der Waals surface area contributed by atoms with Crippen molar-refractivity contribution in [1.29, 1.82) is 0 Å². The van der Waals surface area contributed by atoms with Gasteiger partial charge >= 0.3 is 0 Å². The molecule has 0 heterocycles. The predicted molar refractivity (Wildman–Crippen MR) is 51.4 cm³/mol. The molecule has 0 saturated heterocycles. The number of hydrogen-bond donors (Lipinski definition) is 0.